The number of rotatable bonds is 15. The van der Waals surface area contributed by atoms with E-state index in [1.165, 1.54) is 0 Å². The maximum atomic E-state index is 11.4. The van der Waals surface area contributed by atoms with E-state index in [-0.39, 0.29) is 26.3 Å². The van der Waals surface area contributed by atoms with Crippen LogP contribution in [-0.2, 0) is 9.59 Å². The molecule has 0 aromatic heterocycles. The van der Waals surface area contributed by atoms with Crippen LogP contribution in [0.5, 0.6) is 11.5 Å². The monoisotopic (exact) mass is 544 g/mol. The van der Waals surface area contributed by atoms with Gasteiger partial charge in [-0.25, -0.2) is 0 Å². The summed E-state index contributed by atoms with van der Waals surface area (Å²) in [5.74, 6) is -0.447. The van der Waals surface area contributed by atoms with Gasteiger partial charge in [0, 0.05) is 24.2 Å². The van der Waals surface area contributed by atoms with Crippen LogP contribution in [0.2, 0.25) is 10.0 Å². The topological polar surface area (TPSA) is 158 Å². The van der Waals surface area contributed by atoms with Crippen molar-refractivity contribution in [1.29, 1.82) is 0 Å². The van der Waals surface area contributed by atoms with Gasteiger partial charge in [-0.15, -0.1) is 0 Å². The first-order valence-electron chi connectivity index (χ1n) is 11.3. The largest absolute Gasteiger partial charge is 0.492 e. The van der Waals surface area contributed by atoms with Crippen LogP contribution in [0.4, 0.5) is 0 Å². The number of aliphatic hydroxyl groups excluding tert-OH is 4. The Hall–Kier alpha value is -2.60. The quantitative estimate of drug-likeness (QED) is 0.182. The molecule has 0 heterocycles. The molecule has 0 radical (unpaired) electrons. The second-order valence-electron chi connectivity index (χ2n) is 7.62. The van der Waals surface area contributed by atoms with Crippen LogP contribution in [-0.4, -0.2) is 84.0 Å². The van der Waals surface area contributed by atoms with Gasteiger partial charge < -0.3 is 40.5 Å². The molecular formula is C24H30Cl2N2O8. The Bertz CT molecular complexity index is 929. The number of carbonyl (C=O) groups excluding carboxylic acids is 2. The summed E-state index contributed by atoms with van der Waals surface area (Å²) in [6.45, 7) is -0.278. The van der Waals surface area contributed by atoms with Crippen molar-refractivity contribution in [2.75, 3.05) is 39.5 Å². The summed E-state index contributed by atoms with van der Waals surface area (Å²) in [5, 5.41) is 41.7. The number of benzene rings is 2. The Morgan fingerprint density at radius 3 is 1.50 bits per heavy atom. The van der Waals surface area contributed by atoms with Gasteiger partial charge in [0.05, 0.1) is 36.5 Å². The molecule has 36 heavy (non-hydrogen) atoms. The van der Waals surface area contributed by atoms with Gasteiger partial charge >= 0.3 is 0 Å². The van der Waals surface area contributed by atoms with Crippen molar-refractivity contribution in [3.63, 3.8) is 0 Å². The molecule has 10 nitrogen and oxygen atoms in total. The van der Waals surface area contributed by atoms with Gasteiger partial charge in [0.15, 0.2) is 12.2 Å². The number of nitrogens with one attached hydrogen (secondary N) is 2. The number of halogens is 2. The van der Waals surface area contributed by atoms with E-state index in [1.807, 2.05) is 0 Å². The number of amides is 2. The lowest BCUT2D eigenvalue weighted by Crippen LogP contribution is -2.37. The number of carbonyl (C=O) groups is 2. The van der Waals surface area contributed by atoms with Crippen LogP contribution in [0.15, 0.2) is 36.4 Å². The molecule has 198 valence electrons. The zero-order chi connectivity index (χ0) is 26.5. The first-order valence-corrected chi connectivity index (χ1v) is 12.0. The SMILES string of the molecule is O=C(NCCCOc1cccc(-c2cccc(OCCCNC(=O)C(O)CO)c2Cl)c1Cl)C(O)CO. The Morgan fingerprint density at radius 2 is 1.14 bits per heavy atom. The summed E-state index contributed by atoms with van der Waals surface area (Å²) in [4.78, 5) is 22.9. The first kappa shape index (κ1) is 29.6. The zero-order valence-electron chi connectivity index (χ0n) is 19.5. The van der Waals surface area contributed by atoms with Gasteiger partial charge in [0.25, 0.3) is 11.8 Å². The standard InChI is InChI=1S/C24H30Cl2N2O8/c25-21-15(5-1-7-19(21)35-11-3-9-27-23(33)17(31)13-29)16-6-2-8-20(22(16)26)36-12-4-10-28-24(34)18(32)14-30/h1-2,5-8,17-18,29-32H,3-4,9-14H2,(H,27,33)(H,28,34). The average Bonchev–Trinajstić information content (AvgIpc) is 2.88. The number of hydrogen-bond donors (Lipinski definition) is 6. The van der Waals surface area contributed by atoms with Gasteiger partial charge in [0.2, 0.25) is 0 Å². The maximum absolute atomic E-state index is 11.4. The van der Waals surface area contributed by atoms with Crippen LogP contribution in [0.25, 0.3) is 11.1 Å². The fraction of sp³-hybridized carbons (Fsp3) is 0.417. The van der Waals surface area contributed by atoms with Crippen molar-refractivity contribution in [3.8, 4) is 22.6 Å². The molecule has 12 heteroatoms. The van der Waals surface area contributed by atoms with Crippen LogP contribution in [0, 0.1) is 0 Å². The van der Waals surface area contributed by atoms with Crippen molar-refractivity contribution in [2.45, 2.75) is 25.0 Å². The lowest BCUT2D eigenvalue weighted by Gasteiger charge is -2.15. The van der Waals surface area contributed by atoms with E-state index >= 15 is 0 Å². The van der Waals surface area contributed by atoms with Gasteiger partial charge in [-0.1, -0.05) is 47.5 Å². The third-order valence-electron chi connectivity index (χ3n) is 4.92. The maximum Gasteiger partial charge on any atom is 0.251 e. The fourth-order valence-corrected chi connectivity index (χ4v) is 3.56. The lowest BCUT2D eigenvalue weighted by molar-refractivity contribution is -0.131. The molecule has 2 aromatic carbocycles. The minimum absolute atomic E-state index is 0.251. The van der Waals surface area contributed by atoms with E-state index in [0.717, 1.165) is 0 Å². The van der Waals surface area contributed by atoms with Crippen molar-refractivity contribution < 1.29 is 39.5 Å². The smallest absolute Gasteiger partial charge is 0.251 e. The van der Waals surface area contributed by atoms with Gasteiger partial charge in [-0.05, 0) is 25.0 Å². The first-order chi connectivity index (χ1) is 17.3. The number of aliphatic hydroxyl groups is 4. The lowest BCUT2D eigenvalue weighted by atomic mass is 10.0. The molecule has 2 unspecified atom stereocenters. The van der Waals surface area contributed by atoms with E-state index < -0.39 is 37.2 Å². The van der Waals surface area contributed by atoms with Crippen LogP contribution in [0.3, 0.4) is 0 Å². The Kier molecular flexibility index (Phi) is 12.8. The van der Waals surface area contributed by atoms with E-state index in [4.69, 9.17) is 42.9 Å². The highest BCUT2D eigenvalue weighted by molar-refractivity contribution is 6.38. The zero-order valence-corrected chi connectivity index (χ0v) is 21.0. The van der Waals surface area contributed by atoms with E-state index in [0.29, 0.717) is 45.5 Å². The number of hydrogen-bond acceptors (Lipinski definition) is 8. The molecular weight excluding hydrogens is 515 g/mol. The highest BCUT2D eigenvalue weighted by atomic mass is 35.5. The van der Waals surface area contributed by atoms with E-state index in [9.17, 15) is 19.8 Å². The molecule has 2 atom stereocenters. The normalized spacial score (nSPS) is 12.5. The molecule has 0 aliphatic carbocycles. The van der Waals surface area contributed by atoms with Crippen molar-refractivity contribution >= 4 is 35.0 Å². The summed E-state index contributed by atoms with van der Waals surface area (Å²) in [5.41, 5.74) is 1.27. The van der Waals surface area contributed by atoms with E-state index in [1.54, 1.807) is 36.4 Å². The predicted octanol–water partition coefficient (Wildman–Crippen LogP) is 1.14. The second-order valence-corrected chi connectivity index (χ2v) is 8.37. The summed E-state index contributed by atoms with van der Waals surface area (Å²) in [7, 11) is 0. The summed E-state index contributed by atoms with van der Waals surface area (Å²) in [6.07, 6.45) is -2.00. The molecule has 0 aliphatic rings. The Morgan fingerprint density at radius 1 is 0.750 bits per heavy atom. The molecule has 2 rings (SSSR count). The molecule has 0 saturated heterocycles. The van der Waals surface area contributed by atoms with Crippen molar-refractivity contribution in [1.82, 2.24) is 10.6 Å². The average molecular weight is 545 g/mol. The number of ether oxygens (including phenoxy) is 2. The molecule has 0 aliphatic heterocycles. The highest BCUT2D eigenvalue weighted by Gasteiger charge is 2.16. The summed E-state index contributed by atoms with van der Waals surface area (Å²) < 4.78 is 11.5. The summed E-state index contributed by atoms with van der Waals surface area (Å²) in [6, 6.07) is 10.5. The van der Waals surface area contributed by atoms with Crippen LogP contribution < -0.4 is 20.1 Å². The molecule has 0 spiro atoms. The van der Waals surface area contributed by atoms with Crippen LogP contribution in [0.1, 0.15) is 12.8 Å². The fourth-order valence-electron chi connectivity index (χ4n) is 2.99. The third-order valence-corrected chi connectivity index (χ3v) is 5.70. The van der Waals surface area contributed by atoms with Crippen LogP contribution >= 0.6 is 23.2 Å². The molecule has 6 N–H and O–H groups in total. The molecule has 0 fully saturated rings. The molecule has 2 amide bonds. The molecule has 0 bridgehead atoms. The second kappa shape index (κ2) is 15.5. The van der Waals surface area contributed by atoms with Gasteiger partial charge in [-0.3, -0.25) is 9.59 Å². The molecule has 0 saturated carbocycles. The van der Waals surface area contributed by atoms with Crippen molar-refractivity contribution in [2.24, 2.45) is 0 Å². The third kappa shape index (κ3) is 8.81. The summed E-state index contributed by atoms with van der Waals surface area (Å²) >= 11 is 13.1. The highest BCUT2D eigenvalue weighted by Crippen LogP contribution is 2.41. The molecule has 2 aromatic rings. The minimum atomic E-state index is -1.45. The van der Waals surface area contributed by atoms with Gasteiger partial charge in [0.1, 0.15) is 11.5 Å². The Labute approximate surface area is 218 Å². The Balaban J connectivity index is 1.93. The predicted molar refractivity (Wildman–Crippen MR) is 134 cm³/mol. The minimum Gasteiger partial charge on any atom is -0.492 e. The van der Waals surface area contributed by atoms with Crippen molar-refractivity contribution in [3.05, 3.63) is 46.4 Å². The van der Waals surface area contributed by atoms with Gasteiger partial charge in [-0.2, -0.15) is 0 Å². The van der Waals surface area contributed by atoms with E-state index in [2.05, 4.69) is 10.6 Å².